The molecule has 15 heavy (non-hydrogen) atoms. The van der Waals surface area contributed by atoms with Gasteiger partial charge in [-0.25, -0.2) is 0 Å². The number of aryl methyl sites for hydroxylation is 1. The molecule has 0 bridgehead atoms. The summed E-state index contributed by atoms with van der Waals surface area (Å²) in [7, 11) is 0. The highest BCUT2D eigenvalue weighted by molar-refractivity contribution is 5.95. The lowest BCUT2D eigenvalue weighted by atomic mass is 10.1. The molecule has 82 valence electrons. The van der Waals surface area contributed by atoms with Crippen LogP contribution in [0, 0.1) is 12.8 Å². The smallest absolute Gasteiger partial charge is 0.254 e. The zero-order valence-corrected chi connectivity index (χ0v) is 9.21. The maximum Gasteiger partial charge on any atom is 0.254 e. The van der Waals surface area contributed by atoms with Crippen molar-refractivity contribution in [1.29, 1.82) is 0 Å². The Hall–Kier alpha value is -1.32. The van der Waals surface area contributed by atoms with Gasteiger partial charge in [0.05, 0.1) is 11.8 Å². The van der Waals surface area contributed by atoms with Gasteiger partial charge in [-0.2, -0.15) is 5.10 Å². The highest BCUT2D eigenvalue weighted by Gasteiger charge is 2.25. The summed E-state index contributed by atoms with van der Waals surface area (Å²) in [5.74, 6) is 0.598. The number of carbonyl (C=O) groups excluding carboxylic acids is 1. The van der Waals surface area contributed by atoms with E-state index in [0.717, 1.165) is 12.1 Å². The lowest BCUT2D eigenvalue weighted by Gasteiger charge is -2.16. The number of hydrogen-bond donors (Lipinski definition) is 2. The van der Waals surface area contributed by atoms with E-state index in [0.29, 0.717) is 17.5 Å². The molecular weight excluding hydrogens is 190 g/mol. The van der Waals surface area contributed by atoms with Crippen LogP contribution in [-0.2, 0) is 0 Å². The van der Waals surface area contributed by atoms with Gasteiger partial charge in [0, 0.05) is 11.7 Å². The van der Waals surface area contributed by atoms with Crippen LogP contribution < -0.4 is 5.32 Å². The molecule has 0 saturated heterocycles. The van der Waals surface area contributed by atoms with Crippen molar-refractivity contribution in [3.8, 4) is 0 Å². The van der Waals surface area contributed by atoms with Crippen LogP contribution in [-0.4, -0.2) is 22.1 Å². The van der Waals surface area contributed by atoms with E-state index in [1.165, 1.54) is 12.8 Å². The number of carbonyl (C=O) groups is 1. The van der Waals surface area contributed by atoms with Gasteiger partial charge in [-0.05, 0) is 25.7 Å². The summed E-state index contributed by atoms with van der Waals surface area (Å²) in [6.07, 6.45) is 5.12. The molecule has 1 aliphatic carbocycles. The summed E-state index contributed by atoms with van der Waals surface area (Å²) >= 11 is 0. The first-order chi connectivity index (χ1) is 7.18. The number of amides is 1. The fourth-order valence-electron chi connectivity index (χ4n) is 2.19. The number of aromatic amines is 1. The van der Waals surface area contributed by atoms with Crippen LogP contribution in [0.3, 0.4) is 0 Å². The predicted molar refractivity (Wildman–Crippen MR) is 57.6 cm³/mol. The third-order valence-corrected chi connectivity index (χ3v) is 3.25. The van der Waals surface area contributed by atoms with Gasteiger partial charge in [0.25, 0.3) is 5.91 Å². The van der Waals surface area contributed by atoms with Crippen LogP contribution in [0.2, 0.25) is 0 Å². The molecule has 1 heterocycles. The Balaban J connectivity index is 2.01. The zero-order valence-electron chi connectivity index (χ0n) is 9.21. The predicted octanol–water partition coefficient (Wildman–Crippen LogP) is 1.64. The minimum Gasteiger partial charge on any atom is -0.349 e. The Morgan fingerprint density at radius 2 is 2.40 bits per heavy atom. The van der Waals surface area contributed by atoms with Gasteiger partial charge in [-0.1, -0.05) is 13.3 Å². The van der Waals surface area contributed by atoms with Crippen molar-refractivity contribution in [3.63, 3.8) is 0 Å². The molecule has 2 atom stereocenters. The van der Waals surface area contributed by atoms with E-state index in [9.17, 15) is 4.79 Å². The van der Waals surface area contributed by atoms with Gasteiger partial charge in [0.2, 0.25) is 0 Å². The highest BCUT2D eigenvalue weighted by Crippen LogP contribution is 2.25. The molecule has 4 heteroatoms. The van der Waals surface area contributed by atoms with Crippen LogP contribution >= 0.6 is 0 Å². The number of aromatic nitrogens is 2. The van der Waals surface area contributed by atoms with Gasteiger partial charge in [0.15, 0.2) is 0 Å². The van der Waals surface area contributed by atoms with Crippen molar-refractivity contribution >= 4 is 5.91 Å². The number of rotatable bonds is 2. The first-order valence-electron chi connectivity index (χ1n) is 5.49. The molecule has 0 aromatic carbocycles. The summed E-state index contributed by atoms with van der Waals surface area (Å²) in [6, 6.07) is 0.340. The second kappa shape index (κ2) is 4.04. The summed E-state index contributed by atoms with van der Waals surface area (Å²) in [5, 5.41) is 9.70. The third kappa shape index (κ3) is 2.03. The van der Waals surface area contributed by atoms with Crippen molar-refractivity contribution in [2.45, 2.75) is 39.2 Å². The summed E-state index contributed by atoms with van der Waals surface area (Å²) in [5.41, 5.74) is 1.49. The highest BCUT2D eigenvalue weighted by atomic mass is 16.1. The zero-order chi connectivity index (χ0) is 10.8. The van der Waals surface area contributed by atoms with Crippen LogP contribution in [0.15, 0.2) is 6.20 Å². The quantitative estimate of drug-likeness (QED) is 0.774. The first-order valence-corrected chi connectivity index (χ1v) is 5.49. The van der Waals surface area contributed by atoms with E-state index >= 15 is 0 Å². The lowest BCUT2D eigenvalue weighted by molar-refractivity contribution is 0.0929. The minimum atomic E-state index is 0. The van der Waals surface area contributed by atoms with Crippen molar-refractivity contribution in [3.05, 3.63) is 17.5 Å². The fourth-order valence-corrected chi connectivity index (χ4v) is 2.19. The molecule has 1 aromatic heterocycles. The molecule has 1 saturated carbocycles. The minimum absolute atomic E-state index is 0. The van der Waals surface area contributed by atoms with Crippen LogP contribution in [0.5, 0.6) is 0 Å². The van der Waals surface area contributed by atoms with E-state index in [1.807, 2.05) is 6.92 Å². The van der Waals surface area contributed by atoms with Gasteiger partial charge < -0.3 is 5.32 Å². The molecule has 2 unspecified atom stereocenters. The van der Waals surface area contributed by atoms with Crippen LogP contribution in [0.25, 0.3) is 0 Å². The van der Waals surface area contributed by atoms with E-state index in [1.54, 1.807) is 6.20 Å². The summed E-state index contributed by atoms with van der Waals surface area (Å²) in [6.45, 7) is 4.06. The van der Waals surface area contributed by atoms with Gasteiger partial charge in [-0.15, -0.1) is 0 Å². The Bertz CT molecular complexity index is 358. The van der Waals surface area contributed by atoms with Crippen molar-refractivity contribution < 1.29 is 4.79 Å². The average Bonchev–Trinajstić information content (AvgIpc) is 2.76. The second-order valence-electron chi connectivity index (χ2n) is 4.40. The molecule has 0 aliphatic heterocycles. The molecule has 1 amide bonds. The fraction of sp³-hybridized carbons (Fsp3) is 0.636. The molecule has 4 nitrogen and oxygen atoms in total. The van der Waals surface area contributed by atoms with Crippen LogP contribution in [0.4, 0.5) is 0 Å². The molecular formula is C11H17N3O. The average molecular weight is 207 g/mol. The topological polar surface area (TPSA) is 57.8 Å². The SMILES string of the molecule is Cc1[nH]ncc1C(=O)NC1CCCC1C. The molecule has 0 radical (unpaired) electrons. The van der Waals surface area contributed by atoms with Gasteiger partial charge in [0.1, 0.15) is 0 Å². The summed E-state index contributed by atoms with van der Waals surface area (Å²) < 4.78 is 0. The van der Waals surface area contributed by atoms with E-state index in [2.05, 4.69) is 22.4 Å². The third-order valence-electron chi connectivity index (χ3n) is 3.25. The Morgan fingerprint density at radius 3 is 2.93 bits per heavy atom. The number of nitrogens with zero attached hydrogens (tertiary/aromatic N) is 1. The van der Waals surface area contributed by atoms with Crippen molar-refractivity contribution in [2.24, 2.45) is 5.92 Å². The second-order valence-corrected chi connectivity index (χ2v) is 4.40. The lowest BCUT2D eigenvalue weighted by Crippen LogP contribution is -2.36. The number of hydrogen-bond acceptors (Lipinski definition) is 2. The Labute approximate surface area is 89.5 Å². The van der Waals surface area contributed by atoms with Crippen molar-refractivity contribution in [2.75, 3.05) is 0 Å². The van der Waals surface area contributed by atoms with Crippen molar-refractivity contribution in [1.82, 2.24) is 15.5 Å². The van der Waals surface area contributed by atoms with Gasteiger partial charge in [-0.3, -0.25) is 9.89 Å². The largest absolute Gasteiger partial charge is 0.349 e. The maximum absolute atomic E-state index is 11.9. The first kappa shape index (κ1) is 10.2. The summed E-state index contributed by atoms with van der Waals surface area (Å²) in [4.78, 5) is 11.9. The number of nitrogens with one attached hydrogen (secondary N) is 2. The molecule has 1 aliphatic rings. The normalized spacial score (nSPS) is 25.5. The standard InChI is InChI=1S/C11H17N3O/c1-7-4-3-5-10(7)13-11(15)9-6-12-14-8(9)2/h6-7,10H,3-5H2,1-2H3,(H,12,14)(H,13,15). The molecule has 2 rings (SSSR count). The Morgan fingerprint density at radius 1 is 1.60 bits per heavy atom. The monoisotopic (exact) mass is 207 g/mol. The molecule has 1 aromatic rings. The van der Waals surface area contributed by atoms with Crippen LogP contribution in [0.1, 0.15) is 42.2 Å². The molecule has 2 N–H and O–H groups in total. The van der Waals surface area contributed by atoms with E-state index in [4.69, 9.17) is 0 Å². The number of H-pyrrole nitrogens is 1. The van der Waals surface area contributed by atoms with E-state index < -0.39 is 0 Å². The molecule has 0 spiro atoms. The maximum atomic E-state index is 11.9. The molecule has 1 fully saturated rings. The Kier molecular flexibility index (Phi) is 2.75. The van der Waals surface area contributed by atoms with Gasteiger partial charge >= 0.3 is 0 Å². The van der Waals surface area contributed by atoms with E-state index in [-0.39, 0.29) is 5.91 Å².